The van der Waals surface area contributed by atoms with Gasteiger partial charge in [0.2, 0.25) is 5.78 Å². The van der Waals surface area contributed by atoms with Crippen LogP contribution in [0.4, 0.5) is 0 Å². The summed E-state index contributed by atoms with van der Waals surface area (Å²) in [7, 11) is 2.81. The SMILES string of the molecule is COCCC(CC(=O)OC)C(=O)C#Cc1ccon1. The molecule has 0 radical (unpaired) electrons. The van der Waals surface area contributed by atoms with Crippen molar-refractivity contribution in [3.8, 4) is 11.8 Å². The van der Waals surface area contributed by atoms with Crippen molar-refractivity contribution in [2.24, 2.45) is 5.92 Å². The van der Waals surface area contributed by atoms with Crippen molar-refractivity contribution in [1.29, 1.82) is 0 Å². The van der Waals surface area contributed by atoms with Crippen LogP contribution in [-0.4, -0.2) is 37.7 Å². The van der Waals surface area contributed by atoms with E-state index in [4.69, 9.17) is 4.74 Å². The van der Waals surface area contributed by atoms with Crippen molar-refractivity contribution in [3.05, 3.63) is 18.0 Å². The Kier molecular flexibility index (Phi) is 6.33. The first-order valence-corrected chi connectivity index (χ1v) is 5.69. The standard InChI is InChI=1S/C13H15NO5/c1-17-7-5-10(9-13(16)18-2)12(15)4-3-11-6-8-19-14-11/h6,8,10H,5,7,9H2,1-2H3. The Hall–Kier alpha value is -2.13. The van der Waals surface area contributed by atoms with Crippen LogP contribution < -0.4 is 0 Å². The van der Waals surface area contributed by atoms with Gasteiger partial charge in [-0.25, -0.2) is 0 Å². The zero-order chi connectivity index (χ0) is 14.1. The Labute approximate surface area is 111 Å². The molecule has 0 aliphatic heterocycles. The second-order valence-corrected chi connectivity index (χ2v) is 3.76. The monoisotopic (exact) mass is 265 g/mol. The maximum absolute atomic E-state index is 11.9. The molecule has 0 bridgehead atoms. The van der Waals surface area contributed by atoms with E-state index in [-0.39, 0.29) is 12.2 Å². The lowest BCUT2D eigenvalue weighted by Crippen LogP contribution is -2.19. The Morgan fingerprint density at radius 3 is 2.84 bits per heavy atom. The maximum atomic E-state index is 11.9. The Bertz CT molecular complexity index is 469. The minimum atomic E-state index is -0.535. The average Bonchev–Trinajstić information content (AvgIpc) is 2.93. The molecule has 0 aliphatic rings. The van der Waals surface area contributed by atoms with Crippen LogP contribution in [0.5, 0.6) is 0 Å². The predicted octanol–water partition coefficient (Wildman–Crippen LogP) is 0.811. The molecule has 0 N–H and O–H groups in total. The van der Waals surface area contributed by atoms with Gasteiger partial charge < -0.3 is 14.0 Å². The van der Waals surface area contributed by atoms with Crippen LogP contribution >= 0.6 is 0 Å². The number of nitrogens with zero attached hydrogens (tertiary/aromatic N) is 1. The van der Waals surface area contributed by atoms with Gasteiger partial charge >= 0.3 is 5.97 Å². The Morgan fingerprint density at radius 2 is 2.26 bits per heavy atom. The van der Waals surface area contributed by atoms with Crippen LogP contribution in [0.15, 0.2) is 16.9 Å². The van der Waals surface area contributed by atoms with Gasteiger partial charge in [0.1, 0.15) is 6.26 Å². The van der Waals surface area contributed by atoms with E-state index in [1.807, 2.05) is 0 Å². The highest BCUT2D eigenvalue weighted by atomic mass is 16.5. The van der Waals surface area contributed by atoms with Crippen LogP contribution in [-0.2, 0) is 19.1 Å². The summed E-state index contributed by atoms with van der Waals surface area (Å²) >= 11 is 0. The lowest BCUT2D eigenvalue weighted by molar-refractivity contribution is -0.143. The number of ether oxygens (including phenoxy) is 2. The number of esters is 1. The molecule has 0 spiro atoms. The first kappa shape index (κ1) is 14.9. The topological polar surface area (TPSA) is 78.6 Å². The second-order valence-electron chi connectivity index (χ2n) is 3.76. The normalized spacial score (nSPS) is 11.3. The van der Waals surface area contributed by atoms with Crippen LogP contribution in [0.3, 0.4) is 0 Å². The molecule has 19 heavy (non-hydrogen) atoms. The summed E-state index contributed by atoms with van der Waals surface area (Å²) in [6.07, 6.45) is 1.77. The summed E-state index contributed by atoms with van der Waals surface area (Å²) in [6, 6.07) is 1.55. The zero-order valence-corrected chi connectivity index (χ0v) is 10.8. The highest BCUT2D eigenvalue weighted by Gasteiger charge is 2.20. The van der Waals surface area contributed by atoms with Crippen molar-refractivity contribution in [2.45, 2.75) is 12.8 Å². The molecule has 1 aromatic heterocycles. The third kappa shape index (κ3) is 5.36. The van der Waals surface area contributed by atoms with Gasteiger partial charge in [-0.05, 0) is 18.3 Å². The van der Waals surface area contributed by atoms with Crippen molar-refractivity contribution in [2.75, 3.05) is 20.8 Å². The van der Waals surface area contributed by atoms with E-state index in [0.29, 0.717) is 18.7 Å². The number of Topliss-reactive ketones (excluding diaryl/α,β-unsaturated/α-hetero) is 1. The quantitative estimate of drug-likeness (QED) is 0.559. The molecule has 1 heterocycles. The lowest BCUT2D eigenvalue weighted by Gasteiger charge is -2.10. The number of hydrogen-bond donors (Lipinski definition) is 0. The summed E-state index contributed by atoms with van der Waals surface area (Å²) < 4.78 is 14.1. The average molecular weight is 265 g/mol. The molecule has 1 aromatic rings. The first-order valence-electron chi connectivity index (χ1n) is 5.69. The van der Waals surface area contributed by atoms with Gasteiger partial charge in [-0.3, -0.25) is 9.59 Å². The van der Waals surface area contributed by atoms with E-state index in [2.05, 4.69) is 26.3 Å². The Balaban J connectivity index is 2.67. The highest BCUT2D eigenvalue weighted by molar-refractivity contribution is 5.99. The van der Waals surface area contributed by atoms with Crippen LogP contribution in [0.1, 0.15) is 18.5 Å². The van der Waals surface area contributed by atoms with E-state index in [1.54, 1.807) is 6.07 Å². The molecule has 6 nitrogen and oxygen atoms in total. The molecule has 0 aliphatic carbocycles. The third-order valence-corrected chi connectivity index (χ3v) is 2.43. The van der Waals surface area contributed by atoms with Gasteiger partial charge in [-0.15, -0.1) is 0 Å². The summed E-state index contributed by atoms with van der Waals surface area (Å²) in [5.74, 6) is 3.70. The van der Waals surface area contributed by atoms with E-state index in [1.165, 1.54) is 20.5 Å². The number of aromatic nitrogens is 1. The van der Waals surface area contributed by atoms with E-state index in [9.17, 15) is 9.59 Å². The van der Waals surface area contributed by atoms with Gasteiger partial charge in [0.05, 0.1) is 13.5 Å². The van der Waals surface area contributed by atoms with Crippen LogP contribution in [0.2, 0.25) is 0 Å². The summed E-state index contributed by atoms with van der Waals surface area (Å²) in [5, 5.41) is 3.57. The smallest absolute Gasteiger partial charge is 0.306 e. The maximum Gasteiger partial charge on any atom is 0.306 e. The number of carbonyl (C=O) groups is 2. The third-order valence-electron chi connectivity index (χ3n) is 2.43. The largest absolute Gasteiger partial charge is 0.469 e. The van der Waals surface area contributed by atoms with Crippen molar-refractivity contribution in [3.63, 3.8) is 0 Å². The van der Waals surface area contributed by atoms with Crippen molar-refractivity contribution >= 4 is 11.8 Å². The molecule has 1 unspecified atom stereocenters. The molecule has 1 atom stereocenters. The molecule has 102 valence electrons. The van der Waals surface area contributed by atoms with Gasteiger partial charge in [-0.2, -0.15) is 0 Å². The molecule has 6 heteroatoms. The fourth-order valence-corrected chi connectivity index (χ4v) is 1.38. The lowest BCUT2D eigenvalue weighted by atomic mass is 9.97. The molecular formula is C13H15NO5. The molecule has 0 fully saturated rings. The van der Waals surface area contributed by atoms with E-state index < -0.39 is 11.9 Å². The molecule has 0 saturated heterocycles. The molecular weight excluding hydrogens is 250 g/mol. The molecule has 0 amide bonds. The number of hydrogen-bond acceptors (Lipinski definition) is 6. The summed E-state index contributed by atoms with van der Waals surface area (Å²) in [4.78, 5) is 23.1. The zero-order valence-electron chi connectivity index (χ0n) is 10.8. The molecule has 0 aromatic carbocycles. The molecule has 0 saturated carbocycles. The summed E-state index contributed by atoms with van der Waals surface area (Å²) in [5.41, 5.74) is 0.372. The number of methoxy groups -OCH3 is 2. The number of carbonyl (C=O) groups excluding carboxylic acids is 2. The molecule has 1 rings (SSSR count). The van der Waals surface area contributed by atoms with Crippen LogP contribution in [0, 0.1) is 17.8 Å². The minimum Gasteiger partial charge on any atom is -0.469 e. The number of ketones is 1. The van der Waals surface area contributed by atoms with Crippen molar-refractivity contribution in [1.82, 2.24) is 5.16 Å². The fraction of sp³-hybridized carbons (Fsp3) is 0.462. The van der Waals surface area contributed by atoms with Crippen molar-refractivity contribution < 1.29 is 23.6 Å². The van der Waals surface area contributed by atoms with E-state index >= 15 is 0 Å². The van der Waals surface area contributed by atoms with Gasteiger partial charge in [0, 0.05) is 25.7 Å². The van der Waals surface area contributed by atoms with Crippen LogP contribution in [0.25, 0.3) is 0 Å². The van der Waals surface area contributed by atoms with Gasteiger partial charge in [-0.1, -0.05) is 5.16 Å². The highest BCUT2D eigenvalue weighted by Crippen LogP contribution is 2.11. The number of rotatable bonds is 6. The fourth-order valence-electron chi connectivity index (χ4n) is 1.38. The predicted molar refractivity (Wildman–Crippen MR) is 65.0 cm³/mol. The first-order chi connectivity index (χ1) is 9.17. The van der Waals surface area contributed by atoms with Gasteiger partial charge in [0.25, 0.3) is 0 Å². The summed E-state index contributed by atoms with van der Waals surface area (Å²) in [6.45, 7) is 0.374. The van der Waals surface area contributed by atoms with Gasteiger partial charge in [0.15, 0.2) is 5.69 Å². The second kappa shape index (κ2) is 8.06. The van der Waals surface area contributed by atoms with E-state index in [0.717, 1.165) is 0 Å². The minimum absolute atomic E-state index is 0.00775. The Morgan fingerprint density at radius 1 is 1.47 bits per heavy atom.